The number of H-pyrrole nitrogens is 1. The Balaban J connectivity index is 2.08. The van der Waals surface area contributed by atoms with Crippen LogP contribution in [0.3, 0.4) is 0 Å². The van der Waals surface area contributed by atoms with Crippen molar-refractivity contribution in [1.82, 2.24) is 9.97 Å². The van der Waals surface area contributed by atoms with Crippen molar-refractivity contribution in [3.8, 4) is 5.75 Å². The second-order valence-corrected chi connectivity index (χ2v) is 5.91. The van der Waals surface area contributed by atoms with Crippen molar-refractivity contribution in [1.29, 1.82) is 0 Å². The molecule has 0 spiro atoms. The van der Waals surface area contributed by atoms with E-state index in [4.69, 9.17) is 11.6 Å². The molecule has 1 amide bonds. The Morgan fingerprint density at radius 2 is 2.23 bits per heavy atom. The third-order valence-corrected chi connectivity index (χ3v) is 4.13. The van der Waals surface area contributed by atoms with Gasteiger partial charge in [-0.1, -0.05) is 11.6 Å². The van der Waals surface area contributed by atoms with Crippen LogP contribution in [0.25, 0.3) is 10.9 Å². The van der Waals surface area contributed by atoms with Gasteiger partial charge in [-0.25, -0.2) is 4.98 Å². The first-order valence-electron chi connectivity index (χ1n) is 6.23. The molecule has 3 N–H and O–H groups in total. The van der Waals surface area contributed by atoms with Gasteiger partial charge in [0.2, 0.25) is 0 Å². The molecule has 0 atom stereocenters. The van der Waals surface area contributed by atoms with E-state index in [1.165, 1.54) is 23.5 Å². The number of aryl methyl sites for hydroxylation is 1. The molecule has 0 saturated heterocycles. The molecule has 0 aliphatic carbocycles. The van der Waals surface area contributed by atoms with Gasteiger partial charge in [0, 0.05) is 15.8 Å². The zero-order valence-corrected chi connectivity index (χ0v) is 12.9. The fourth-order valence-corrected chi connectivity index (χ4v) is 2.89. The summed E-state index contributed by atoms with van der Waals surface area (Å²) in [5.41, 5.74) is 0.0592. The van der Waals surface area contributed by atoms with E-state index in [0.717, 1.165) is 5.69 Å². The molecule has 0 bridgehead atoms. The van der Waals surface area contributed by atoms with Gasteiger partial charge >= 0.3 is 0 Å². The monoisotopic (exact) mass is 335 g/mol. The van der Waals surface area contributed by atoms with Gasteiger partial charge < -0.3 is 10.1 Å². The lowest BCUT2D eigenvalue weighted by Crippen LogP contribution is -2.23. The van der Waals surface area contributed by atoms with E-state index in [9.17, 15) is 14.7 Å². The van der Waals surface area contributed by atoms with Crippen molar-refractivity contribution >= 4 is 44.9 Å². The second kappa shape index (κ2) is 5.43. The second-order valence-electron chi connectivity index (χ2n) is 4.62. The molecular weight excluding hydrogens is 326 g/mol. The van der Waals surface area contributed by atoms with Crippen LogP contribution in [0.2, 0.25) is 5.02 Å². The van der Waals surface area contributed by atoms with Crippen molar-refractivity contribution in [2.75, 3.05) is 5.32 Å². The Kier molecular flexibility index (Phi) is 3.59. The number of fused-ring (bicyclic) bond motifs is 1. The molecule has 112 valence electrons. The van der Waals surface area contributed by atoms with Crippen LogP contribution >= 0.6 is 22.9 Å². The zero-order chi connectivity index (χ0) is 15.9. The average Bonchev–Trinajstić information content (AvgIpc) is 2.83. The van der Waals surface area contributed by atoms with Crippen molar-refractivity contribution in [2.45, 2.75) is 6.92 Å². The molecule has 1 aromatic carbocycles. The Morgan fingerprint density at radius 1 is 1.45 bits per heavy atom. The van der Waals surface area contributed by atoms with Gasteiger partial charge in [-0.3, -0.25) is 14.9 Å². The van der Waals surface area contributed by atoms with Crippen molar-refractivity contribution < 1.29 is 9.90 Å². The molecule has 3 aromatic rings. The maximum atomic E-state index is 12.2. The Bertz CT molecular complexity index is 948. The largest absolute Gasteiger partial charge is 0.506 e. The topological polar surface area (TPSA) is 95.1 Å². The molecule has 0 aliphatic heterocycles. The molecule has 6 nitrogen and oxygen atoms in total. The van der Waals surface area contributed by atoms with Crippen LogP contribution in [0, 0.1) is 6.92 Å². The van der Waals surface area contributed by atoms with Crippen LogP contribution in [0.5, 0.6) is 5.75 Å². The molecule has 2 heterocycles. The van der Waals surface area contributed by atoms with Crippen LogP contribution in [0.1, 0.15) is 16.1 Å². The van der Waals surface area contributed by atoms with Gasteiger partial charge in [0.1, 0.15) is 11.3 Å². The summed E-state index contributed by atoms with van der Waals surface area (Å²) in [6.45, 7) is 1.79. The lowest BCUT2D eigenvalue weighted by Gasteiger charge is -2.07. The number of aromatic amines is 1. The number of carbonyl (C=O) groups is 1. The number of nitrogens with one attached hydrogen (secondary N) is 2. The van der Waals surface area contributed by atoms with Crippen LogP contribution in [-0.4, -0.2) is 21.0 Å². The highest BCUT2D eigenvalue weighted by molar-refractivity contribution is 7.13. The fraction of sp³-hybridized carbons (Fsp3) is 0.0714. The number of thiazole rings is 1. The van der Waals surface area contributed by atoms with E-state index in [0.29, 0.717) is 21.1 Å². The minimum Gasteiger partial charge on any atom is -0.506 e. The lowest BCUT2D eigenvalue weighted by atomic mass is 10.1. The predicted octanol–water partition coefficient (Wildman–Crippen LogP) is 2.90. The average molecular weight is 336 g/mol. The molecule has 3 rings (SSSR count). The zero-order valence-electron chi connectivity index (χ0n) is 11.3. The number of hydrogen-bond donors (Lipinski definition) is 3. The van der Waals surface area contributed by atoms with E-state index in [1.807, 2.05) is 0 Å². The maximum absolute atomic E-state index is 12.2. The van der Waals surface area contributed by atoms with Crippen LogP contribution in [0.4, 0.5) is 5.13 Å². The summed E-state index contributed by atoms with van der Waals surface area (Å²) in [6.07, 6.45) is 0. The highest BCUT2D eigenvalue weighted by Gasteiger charge is 2.20. The first kappa shape index (κ1) is 14.6. The molecule has 0 radical (unpaired) electrons. The van der Waals surface area contributed by atoms with Crippen molar-refractivity contribution in [2.24, 2.45) is 0 Å². The summed E-state index contributed by atoms with van der Waals surface area (Å²) in [4.78, 5) is 30.9. The standard InChI is InChI=1S/C14H10ClN3O3S/c1-6-5-22-14(16-6)18-13(21)10-11(19)8-3-2-7(15)4-9(8)17-12(10)20/h2-5H,1H3,(H,16,18,21)(H2,17,19,20). The SMILES string of the molecule is Cc1csc(NC(=O)c2c(O)c3ccc(Cl)cc3[nH]c2=O)n1. The first-order valence-corrected chi connectivity index (χ1v) is 7.49. The number of benzene rings is 1. The number of anilines is 1. The lowest BCUT2D eigenvalue weighted by molar-refractivity contribution is 0.102. The molecular formula is C14H10ClN3O3S. The van der Waals surface area contributed by atoms with Gasteiger partial charge in [0.15, 0.2) is 5.13 Å². The Hall–Kier alpha value is -2.38. The van der Waals surface area contributed by atoms with Gasteiger partial charge in [0.05, 0.1) is 11.2 Å². The van der Waals surface area contributed by atoms with E-state index in [1.54, 1.807) is 18.4 Å². The summed E-state index contributed by atoms with van der Waals surface area (Å²) < 4.78 is 0. The molecule has 8 heteroatoms. The number of aromatic nitrogens is 2. The number of aromatic hydroxyl groups is 1. The third kappa shape index (κ3) is 2.56. The normalized spacial score (nSPS) is 10.8. The number of carbonyl (C=O) groups excluding carboxylic acids is 1. The Labute approximate surface area is 133 Å². The Morgan fingerprint density at radius 3 is 2.91 bits per heavy atom. The highest BCUT2D eigenvalue weighted by atomic mass is 35.5. The summed E-state index contributed by atoms with van der Waals surface area (Å²) in [6, 6.07) is 4.60. The molecule has 0 fully saturated rings. The van der Waals surface area contributed by atoms with E-state index in [2.05, 4.69) is 15.3 Å². The molecule has 2 aromatic heterocycles. The van der Waals surface area contributed by atoms with E-state index >= 15 is 0 Å². The van der Waals surface area contributed by atoms with Gasteiger partial charge in [-0.15, -0.1) is 11.3 Å². The quantitative estimate of drug-likeness (QED) is 0.671. The number of halogens is 1. The summed E-state index contributed by atoms with van der Waals surface area (Å²) in [5, 5.41) is 15.6. The maximum Gasteiger partial charge on any atom is 0.266 e. The number of pyridine rings is 1. The number of hydrogen-bond acceptors (Lipinski definition) is 5. The number of rotatable bonds is 2. The molecule has 22 heavy (non-hydrogen) atoms. The third-order valence-electron chi connectivity index (χ3n) is 3.02. The van der Waals surface area contributed by atoms with E-state index < -0.39 is 11.5 Å². The number of nitrogens with zero attached hydrogens (tertiary/aromatic N) is 1. The minimum atomic E-state index is -0.718. The van der Waals surface area contributed by atoms with Crippen LogP contribution in [-0.2, 0) is 0 Å². The number of amides is 1. The highest BCUT2D eigenvalue weighted by Crippen LogP contribution is 2.27. The smallest absolute Gasteiger partial charge is 0.266 e. The fourth-order valence-electron chi connectivity index (χ4n) is 2.04. The minimum absolute atomic E-state index is 0.337. The predicted molar refractivity (Wildman–Crippen MR) is 86.0 cm³/mol. The van der Waals surface area contributed by atoms with Gasteiger partial charge in [0.25, 0.3) is 11.5 Å². The van der Waals surface area contributed by atoms with E-state index in [-0.39, 0.29) is 11.3 Å². The molecule has 0 unspecified atom stereocenters. The summed E-state index contributed by atoms with van der Waals surface area (Å²) in [5.74, 6) is -1.11. The summed E-state index contributed by atoms with van der Waals surface area (Å²) >= 11 is 7.08. The van der Waals surface area contributed by atoms with Crippen molar-refractivity contribution in [3.05, 3.63) is 50.2 Å². The van der Waals surface area contributed by atoms with Crippen LogP contribution < -0.4 is 10.9 Å². The summed E-state index contributed by atoms with van der Waals surface area (Å²) in [7, 11) is 0. The van der Waals surface area contributed by atoms with Gasteiger partial charge in [-0.05, 0) is 25.1 Å². The molecule has 0 saturated carbocycles. The van der Waals surface area contributed by atoms with Crippen molar-refractivity contribution in [3.63, 3.8) is 0 Å². The first-order chi connectivity index (χ1) is 10.5. The molecule has 0 aliphatic rings. The van der Waals surface area contributed by atoms with Crippen LogP contribution in [0.15, 0.2) is 28.4 Å². The van der Waals surface area contributed by atoms with Gasteiger partial charge in [-0.2, -0.15) is 0 Å².